The highest BCUT2D eigenvalue weighted by Crippen LogP contribution is 2.10. The fraction of sp³-hybridized carbons (Fsp3) is 0.636. The van der Waals surface area contributed by atoms with Crippen molar-refractivity contribution in [2.45, 2.75) is 26.7 Å². The molecule has 0 bridgehead atoms. The molecule has 0 saturated carbocycles. The second kappa shape index (κ2) is 7.84. The second-order valence-corrected chi connectivity index (χ2v) is 3.61. The maximum absolute atomic E-state index is 13.1. The fourth-order valence-corrected chi connectivity index (χ4v) is 1.07. The molecule has 0 aromatic heterocycles. The Kier molecular flexibility index (Phi) is 7.16. The molecule has 0 aliphatic heterocycles. The number of hydrogen-bond acceptors (Lipinski definition) is 3. The van der Waals surface area contributed by atoms with Crippen molar-refractivity contribution < 1.29 is 13.9 Å². The van der Waals surface area contributed by atoms with E-state index in [1.807, 2.05) is 0 Å². The van der Waals surface area contributed by atoms with Crippen LogP contribution in [0.2, 0.25) is 0 Å². The Balaban J connectivity index is 3.91. The van der Waals surface area contributed by atoms with Crippen LogP contribution in [0.3, 0.4) is 0 Å². The number of hydrogen-bond donors (Lipinski definition) is 1. The first-order valence-electron chi connectivity index (χ1n) is 5.16. The van der Waals surface area contributed by atoms with Crippen LogP contribution in [-0.2, 0) is 9.53 Å². The summed E-state index contributed by atoms with van der Waals surface area (Å²) in [7, 11) is 1.34. The number of ether oxygens (including phenoxy) is 1. The summed E-state index contributed by atoms with van der Waals surface area (Å²) in [5, 5.41) is 0. The van der Waals surface area contributed by atoms with Gasteiger partial charge in [0.2, 0.25) is 0 Å². The number of amidine groups is 1. The van der Waals surface area contributed by atoms with Gasteiger partial charge in [0, 0.05) is 0 Å². The molecule has 0 aromatic carbocycles. The molecule has 0 spiro atoms. The van der Waals surface area contributed by atoms with Crippen molar-refractivity contribution >= 4 is 11.8 Å². The van der Waals surface area contributed by atoms with Crippen molar-refractivity contribution in [2.24, 2.45) is 16.6 Å². The second-order valence-electron chi connectivity index (χ2n) is 3.61. The van der Waals surface area contributed by atoms with Gasteiger partial charge in [-0.25, -0.2) is 4.39 Å². The van der Waals surface area contributed by atoms with E-state index in [9.17, 15) is 9.18 Å². The Morgan fingerprint density at radius 1 is 1.62 bits per heavy atom. The molecule has 0 heterocycles. The van der Waals surface area contributed by atoms with E-state index in [4.69, 9.17) is 5.73 Å². The van der Waals surface area contributed by atoms with Gasteiger partial charge in [0.15, 0.2) is 0 Å². The predicted octanol–water partition coefficient (Wildman–Crippen LogP) is 1.81. The van der Waals surface area contributed by atoms with Crippen LogP contribution in [0.25, 0.3) is 0 Å². The van der Waals surface area contributed by atoms with Crippen molar-refractivity contribution in [1.82, 2.24) is 0 Å². The number of allylic oxidation sites excluding steroid dienone is 1. The Bertz CT molecular complexity index is 284. The summed E-state index contributed by atoms with van der Waals surface area (Å²) in [5.74, 6) is -0.466. The lowest BCUT2D eigenvalue weighted by molar-refractivity contribution is -0.144. The number of rotatable bonds is 6. The van der Waals surface area contributed by atoms with Gasteiger partial charge >= 0.3 is 5.97 Å². The molecule has 0 saturated heterocycles. The molecule has 2 N–H and O–H groups in total. The van der Waals surface area contributed by atoms with E-state index in [2.05, 4.69) is 9.73 Å². The summed E-state index contributed by atoms with van der Waals surface area (Å²) in [5.41, 5.74) is 5.27. The molecule has 0 rings (SSSR count). The zero-order chi connectivity index (χ0) is 12.6. The molecule has 5 heteroatoms. The number of carbonyl (C=O) groups excluding carboxylic acids is 1. The molecular weight excluding hydrogens is 211 g/mol. The zero-order valence-corrected chi connectivity index (χ0v) is 10.00. The first kappa shape index (κ1) is 14.6. The Morgan fingerprint density at radius 2 is 2.25 bits per heavy atom. The number of nitrogens with two attached hydrogens (primary N) is 1. The van der Waals surface area contributed by atoms with E-state index < -0.39 is 0 Å². The highest BCUT2D eigenvalue weighted by Gasteiger charge is 2.11. The summed E-state index contributed by atoms with van der Waals surface area (Å²) < 4.78 is 17.6. The molecular formula is C11H19FN2O2. The van der Waals surface area contributed by atoms with Crippen LogP contribution in [0.4, 0.5) is 4.39 Å². The average Bonchev–Trinajstić information content (AvgIpc) is 2.24. The van der Waals surface area contributed by atoms with Crippen molar-refractivity contribution in [3.05, 3.63) is 11.9 Å². The molecule has 1 atom stereocenters. The summed E-state index contributed by atoms with van der Waals surface area (Å²) >= 11 is 0. The van der Waals surface area contributed by atoms with Crippen LogP contribution >= 0.6 is 0 Å². The molecule has 0 unspecified atom stereocenters. The fourth-order valence-electron chi connectivity index (χ4n) is 1.07. The first-order valence-corrected chi connectivity index (χ1v) is 5.16. The number of halogens is 1. The third kappa shape index (κ3) is 6.98. The van der Waals surface area contributed by atoms with Gasteiger partial charge in [-0.05, 0) is 19.8 Å². The van der Waals surface area contributed by atoms with Crippen LogP contribution in [0.5, 0.6) is 0 Å². The minimum Gasteiger partial charge on any atom is -0.469 e. The van der Waals surface area contributed by atoms with Crippen molar-refractivity contribution in [3.8, 4) is 0 Å². The van der Waals surface area contributed by atoms with Crippen LogP contribution in [0, 0.1) is 5.92 Å². The van der Waals surface area contributed by atoms with Gasteiger partial charge in [-0.3, -0.25) is 9.79 Å². The molecule has 0 aromatic rings. The molecule has 16 heavy (non-hydrogen) atoms. The smallest absolute Gasteiger partial charge is 0.308 e. The monoisotopic (exact) mass is 230 g/mol. The van der Waals surface area contributed by atoms with Crippen molar-refractivity contribution in [2.75, 3.05) is 13.7 Å². The standard InChI is InChI=1S/C11H19FN2O2/c1-8(11(15)16-3)5-4-6-10(12)7-14-9(2)13/h6,8H,4-5,7H2,1-3H3,(H2,13,14)/b10-6+/t8-/m1/s1. The van der Waals surface area contributed by atoms with Gasteiger partial charge in [-0.1, -0.05) is 13.0 Å². The van der Waals surface area contributed by atoms with E-state index in [0.29, 0.717) is 18.7 Å². The quantitative estimate of drug-likeness (QED) is 0.430. The highest BCUT2D eigenvalue weighted by molar-refractivity contribution is 5.77. The maximum atomic E-state index is 13.1. The van der Waals surface area contributed by atoms with Gasteiger partial charge < -0.3 is 10.5 Å². The summed E-state index contributed by atoms with van der Waals surface area (Å²) in [6.45, 7) is 3.32. The average molecular weight is 230 g/mol. The number of carbonyl (C=O) groups is 1. The minimum atomic E-state index is -0.332. The van der Waals surface area contributed by atoms with Crippen LogP contribution in [-0.4, -0.2) is 25.5 Å². The molecule has 92 valence electrons. The van der Waals surface area contributed by atoms with Crippen molar-refractivity contribution in [1.29, 1.82) is 0 Å². The summed E-state index contributed by atoms with van der Waals surface area (Å²) in [6.07, 6.45) is 2.47. The third-order valence-electron chi connectivity index (χ3n) is 2.05. The lowest BCUT2D eigenvalue weighted by Gasteiger charge is -2.06. The van der Waals surface area contributed by atoms with Gasteiger partial charge in [-0.2, -0.15) is 0 Å². The van der Waals surface area contributed by atoms with Gasteiger partial charge in [0.05, 0.1) is 25.4 Å². The lowest BCUT2D eigenvalue weighted by atomic mass is 10.1. The minimum absolute atomic E-state index is 0.0328. The number of nitrogens with zero attached hydrogens (tertiary/aromatic N) is 1. The van der Waals surface area contributed by atoms with E-state index in [1.165, 1.54) is 13.2 Å². The summed E-state index contributed by atoms with van der Waals surface area (Å²) in [4.78, 5) is 14.8. The molecule has 0 amide bonds. The summed E-state index contributed by atoms with van der Waals surface area (Å²) in [6, 6.07) is 0. The molecule has 0 radical (unpaired) electrons. The number of esters is 1. The predicted molar refractivity (Wildman–Crippen MR) is 61.8 cm³/mol. The third-order valence-corrected chi connectivity index (χ3v) is 2.05. The SMILES string of the molecule is COC(=O)[C@H](C)CC/C=C(/F)CN=C(C)N. The van der Waals surface area contributed by atoms with E-state index in [0.717, 1.165) is 0 Å². The number of methoxy groups -OCH3 is 1. The van der Waals surface area contributed by atoms with E-state index >= 15 is 0 Å². The Morgan fingerprint density at radius 3 is 2.75 bits per heavy atom. The van der Waals surface area contributed by atoms with Crippen LogP contribution < -0.4 is 5.73 Å². The largest absolute Gasteiger partial charge is 0.469 e. The van der Waals surface area contributed by atoms with E-state index in [-0.39, 0.29) is 24.3 Å². The zero-order valence-electron chi connectivity index (χ0n) is 10.00. The molecule has 0 aliphatic rings. The van der Waals surface area contributed by atoms with E-state index in [1.54, 1.807) is 13.8 Å². The molecule has 0 fully saturated rings. The van der Waals surface area contributed by atoms with Crippen molar-refractivity contribution in [3.63, 3.8) is 0 Å². The van der Waals surface area contributed by atoms with Crippen LogP contribution in [0.15, 0.2) is 16.9 Å². The van der Waals surface area contributed by atoms with Gasteiger partial charge in [0.25, 0.3) is 0 Å². The topological polar surface area (TPSA) is 64.7 Å². The highest BCUT2D eigenvalue weighted by atomic mass is 19.1. The van der Waals surface area contributed by atoms with Crippen LogP contribution in [0.1, 0.15) is 26.7 Å². The van der Waals surface area contributed by atoms with Gasteiger partial charge in [-0.15, -0.1) is 0 Å². The number of aliphatic imine (C=N–C) groups is 1. The Hall–Kier alpha value is -1.39. The lowest BCUT2D eigenvalue weighted by Crippen LogP contribution is -2.12. The molecule has 4 nitrogen and oxygen atoms in total. The maximum Gasteiger partial charge on any atom is 0.308 e. The van der Waals surface area contributed by atoms with Gasteiger partial charge in [0.1, 0.15) is 5.83 Å². The normalized spacial score (nSPS) is 14.8. The first-order chi connectivity index (χ1) is 7.47. The molecule has 0 aliphatic carbocycles. The Labute approximate surface area is 95.4 Å².